The van der Waals surface area contributed by atoms with E-state index in [1.165, 1.54) is 24.5 Å². The molecule has 7 heteroatoms. The van der Waals surface area contributed by atoms with Crippen LogP contribution < -0.4 is 4.72 Å². The molecule has 0 aliphatic carbocycles. The van der Waals surface area contributed by atoms with Crippen LogP contribution in [0.2, 0.25) is 5.02 Å². The smallest absolute Gasteiger partial charge is 0.247 e. The standard InChI is InChI=1S/C11H10ClN3O2S.C2H6/c1-8-2-4-10(5-3-8)18(16,17)15-11-13-6-9(12)7-14-11;1-2/h2-7H,1H3,(H,13,14,15);1-2H3. The zero-order valence-electron chi connectivity index (χ0n) is 11.5. The fourth-order valence-corrected chi connectivity index (χ4v) is 2.32. The monoisotopic (exact) mass is 313 g/mol. The molecule has 1 aromatic carbocycles. The summed E-state index contributed by atoms with van der Waals surface area (Å²) in [5, 5.41) is 0.341. The zero-order valence-corrected chi connectivity index (χ0v) is 13.0. The van der Waals surface area contributed by atoms with Crippen LogP contribution >= 0.6 is 11.6 Å². The first kappa shape index (κ1) is 16.4. The van der Waals surface area contributed by atoms with E-state index in [9.17, 15) is 8.42 Å². The molecule has 0 radical (unpaired) electrons. The SMILES string of the molecule is CC.Cc1ccc(S(=O)(=O)Nc2ncc(Cl)cn2)cc1. The minimum Gasteiger partial charge on any atom is -0.247 e. The molecule has 2 rings (SSSR count). The molecule has 0 bridgehead atoms. The van der Waals surface area contributed by atoms with Gasteiger partial charge >= 0.3 is 0 Å². The number of hydrogen-bond donors (Lipinski definition) is 1. The topological polar surface area (TPSA) is 72.0 Å². The van der Waals surface area contributed by atoms with Gasteiger partial charge in [0.05, 0.1) is 22.3 Å². The number of halogens is 1. The number of sulfonamides is 1. The van der Waals surface area contributed by atoms with Crippen molar-refractivity contribution >= 4 is 27.6 Å². The fraction of sp³-hybridized carbons (Fsp3) is 0.231. The maximum atomic E-state index is 12.0. The van der Waals surface area contributed by atoms with Gasteiger partial charge in [0, 0.05) is 0 Å². The molecule has 1 N–H and O–H groups in total. The van der Waals surface area contributed by atoms with Crippen LogP contribution in [0.15, 0.2) is 41.6 Å². The van der Waals surface area contributed by atoms with Crippen molar-refractivity contribution in [3.8, 4) is 0 Å². The van der Waals surface area contributed by atoms with E-state index in [1.54, 1.807) is 12.1 Å². The molecule has 20 heavy (non-hydrogen) atoms. The lowest BCUT2D eigenvalue weighted by Gasteiger charge is -2.06. The summed E-state index contributed by atoms with van der Waals surface area (Å²) in [7, 11) is -3.66. The molecule has 0 fully saturated rings. The Bertz CT molecular complexity index is 640. The summed E-state index contributed by atoms with van der Waals surface area (Å²) in [6.07, 6.45) is 2.64. The average Bonchev–Trinajstić information content (AvgIpc) is 2.44. The van der Waals surface area contributed by atoms with Crippen LogP contribution in [0.1, 0.15) is 19.4 Å². The lowest BCUT2D eigenvalue weighted by Crippen LogP contribution is -2.14. The van der Waals surface area contributed by atoms with Crippen LogP contribution in [0.4, 0.5) is 5.95 Å². The second-order valence-corrected chi connectivity index (χ2v) is 5.76. The molecule has 0 saturated heterocycles. The number of nitrogens with zero attached hydrogens (tertiary/aromatic N) is 2. The largest absolute Gasteiger partial charge is 0.264 e. The van der Waals surface area contributed by atoms with E-state index in [-0.39, 0.29) is 10.8 Å². The van der Waals surface area contributed by atoms with Crippen LogP contribution in [0.5, 0.6) is 0 Å². The summed E-state index contributed by atoms with van der Waals surface area (Å²) in [5.41, 5.74) is 0.983. The van der Waals surface area contributed by atoms with Crippen LogP contribution in [0, 0.1) is 6.92 Å². The van der Waals surface area contributed by atoms with Crippen molar-refractivity contribution in [2.45, 2.75) is 25.7 Å². The predicted molar refractivity (Wildman–Crippen MR) is 80.4 cm³/mol. The van der Waals surface area contributed by atoms with Gasteiger partial charge in [0.15, 0.2) is 0 Å². The van der Waals surface area contributed by atoms with Crippen LogP contribution in [0.3, 0.4) is 0 Å². The lowest BCUT2D eigenvalue weighted by molar-refractivity contribution is 0.601. The second-order valence-electron chi connectivity index (χ2n) is 3.64. The molecule has 0 aliphatic rings. The van der Waals surface area contributed by atoms with E-state index in [0.29, 0.717) is 5.02 Å². The van der Waals surface area contributed by atoms with Gasteiger partial charge in [-0.1, -0.05) is 43.1 Å². The van der Waals surface area contributed by atoms with Crippen molar-refractivity contribution in [1.82, 2.24) is 9.97 Å². The van der Waals surface area contributed by atoms with Gasteiger partial charge in [-0.25, -0.2) is 23.1 Å². The van der Waals surface area contributed by atoms with Crippen molar-refractivity contribution in [2.75, 3.05) is 4.72 Å². The molecule has 0 atom stereocenters. The highest BCUT2D eigenvalue weighted by molar-refractivity contribution is 7.92. The number of nitrogens with one attached hydrogen (secondary N) is 1. The molecule has 0 unspecified atom stereocenters. The first-order valence-electron chi connectivity index (χ1n) is 6.04. The van der Waals surface area contributed by atoms with E-state index in [4.69, 9.17) is 11.6 Å². The lowest BCUT2D eigenvalue weighted by atomic mass is 10.2. The van der Waals surface area contributed by atoms with Gasteiger partial charge < -0.3 is 0 Å². The van der Waals surface area contributed by atoms with Gasteiger partial charge in [0.1, 0.15) is 0 Å². The van der Waals surface area contributed by atoms with E-state index in [0.717, 1.165) is 5.56 Å². The molecule has 5 nitrogen and oxygen atoms in total. The molecule has 2 aromatic rings. The van der Waals surface area contributed by atoms with Gasteiger partial charge in [-0.05, 0) is 19.1 Å². The van der Waals surface area contributed by atoms with Gasteiger partial charge in [-0.3, -0.25) is 0 Å². The van der Waals surface area contributed by atoms with Crippen LogP contribution in [-0.2, 0) is 10.0 Å². The maximum Gasteiger partial charge on any atom is 0.264 e. The molecular formula is C13H16ClN3O2S. The molecule has 0 aliphatic heterocycles. The highest BCUT2D eigenvalue weighted by atomic mass is 35.5. The zero-order chi connectivity index (χ0) is 15.2. The molecule has 108 valence electrons. The molecule has 0 spiro atoms. The number of rotatable bonds is 3. The molecule has 0 amide bonds. The molecule has 1 aromatic heterocycles. The Morgan fingerprint density at radius 2 is 1.55 bits per heavy atom. The Morgan fingerprint density at radius 1 is 1.05 bits per heavy atom. The van der Waals surface area contributed by atoms with E-state index < -0.39 is 10.0 Å². The number of hydrogen-bond acceptors (Lipinski definition) is 4. The third kappa shape index (κ3) is 4.47. The Hall–Kier alpha value is -1.66. The highest BCUT2D eigenvalue weighted by Crippen LogP contribution is 2.14. The van der Waals surface area contributed by atoms with Gasteiger partial charge in [0.25, 0.3) is 10.0 Å². The van der Waals surface area contributed by atoms with Gasteiger partial charge in [0.2, 0.25) is 5.95 Å². The van der Waals surface area contributed by atoms with E-state index >= 15 is 0 Å². The summed E-state index contributed by atoms with van der Waals surface area (Å²) in [4.78, 5) is 7.71. The Kier molecular flexibility index (Phi) is 5.91. The van der Waals surface area contributed by atoms with E-state index in [2.05, 4.69) is 14.7 Å². The first-order valence-corrected chi connectivity index (χ1v) is 7.90. The highest BCUT2D eigenvalue weighted by Gasteiger charge is 2.14. The summed E-state index contributed by atoms with van der Waals surface area (Å²) >= 11 is 5.62. The van der Waals surface area contributed by atoms with Gasteiger partial charge in [-0.2, -0.15) is 0 Å². The van der Waals surface area contributed by atoms with Gasteiger partial charge in [-0.15, -0.1) is 0 Å². The van der Waals surface area contributed by atoms with Crippen molar-refractivity contribution in [2.24, 2.45) is 0 Å². The first-order chi connectivity index (χ1) is 9.47. The number of anilines is 1. The fourth-order valence-electron chi connectivity index (χ4n) is 1.26. The van der Waals surface area contributed by atoms with Crippen molar-refractivity contribution in [3.05, 3.63) is 47.2 Å². The Morgan fingerprint density at radius 3 is 2.05 bits per heavy atom. The van der Waals surface area contributed by atoms with Crippen LogP contribution in [-0.4, -0.2) is 18.4 Å². The Balaban J connectivity index is 0.000000956. The maximum absolute atomic E-state index is 12.0. The summed E-state index contributed by atoms with van der Waals surface area (Å²) < 4.78 is 26.2. The Labute approximate surface area is 124 Å². The van der Waals surface area contributed by atoms with Crippen LogP contribution in [0.25, 0.3) is 0 Å². The average molecular weight is 314 g/mol. The molecular weight excluding hydrogens is 298 g/mol. The predicted octanol–water partition coefficient (Wildman–Crippen LogP) is 3.27. The minimum atomic E-state index is -3.66. The quantitative estimate of drug-likeness (QED) is 0.944. The number of benzene rings is 1. The van der Waals surface area contributed by atoms with E-state index in [1.807, 2.05) is 20.8 Å². The summed E-state index contributed by atoms with van der Waals surface area (Å²) in [5.74, 6) is -0.0139. The van der Waals surface area contributed by atoms with Crippen molar-refractivity contribution in [3.63, 3.8) is 0 Å². The normalized spacial score (nSPS) is 10.4. The van der Waals surface area contributed by atoms with Crippen molar-refractivity contribution < 1.29 is 8.42 Å². The van der Waals surface area contributed by atoms with Crippen molar-refractivity contribution in [1.29, 1.82) is 0 Å². The minimum absolute atomic E-state index is 0.0139. The third-order valence-electron chi connectivity index (χ3n) is 2.18. The molecule has 0 saturated carbocycles. The number of aryl methyl sites for hydroxylation is 1. The summed E-state index contributed by atoms with van der Waals surface area (Å²) in [6.45, 7) is 5.88. The summed E-state index contributed by atoms with van der Waals surface area (Å²) in [6, 6.07) is 6.48. The third-order valence-corrected chi connectivity index (χ3v) is 3.72. The molecule has 1 heterocycles. The number of aromatic nitrogens is 2. The second kappa shape index (κ2) is 7.21.